The predicted octanol–water partition coefficient (Wildman–Crippen LogP) is 12.7. The molecule has 0 spiro atoms. The lowest BCUT2D eigenvalue weighted by Gasteiger charge is -2.26. The van der Waals surface area contributed by atoms with Gasteiger partial charge in [-0.2, -0.15) is 0 Å². The van der Waals surface area contributed by atoms with Crippen molar-refractivity contribution >= 4 is 49.6 Å². The molecule has 0 atom stereocenters. The molecule has 0 bridgehead atoms. The zero-order valence-electron chi connectivity index (χ0n) is 26.2. The number of rotatable bonds is 5. The molecular formula is C46H30N2. The zero-order valence-corrected chi connectivity index (χ0v) is 26.2. The van der Waals surface area contributed by atoms with Gasteiger partial charge in [0.2, 0.25) is 0 Å². The summed E-state index contributed by atoms with van der Waals surface area (Å²) in [4.78, 5) is 2.34. The summed E-state index contributed by atoms with van der Waals surface area (Å²) in [6.07, 6.45) is 0. The van der Waals surface area contributed by atoms with Crippen molar-refractivity contribution in [1.29, 1.82) is 0 Å². The highest BCUT2D eigenvalue weighted by Crippen LogP contribution is 2.49. The highest BCUT2D eigenvalue weighted by Gasteiger charge is 2.24. The first-order chi connectivity index (χ1) is 23.8. The first kappa shape index (κ1) is 26.8. The highest BCUT2D eigenvalue weighted by molar-refractivity contribution is 6.30. The second-order valence-electron chi connectivity index (χ2n) is 12.5. The molecule has 0 unspecified atom stereocenters. The first-order valence-electron chi connectivity index (χ1n) is 16.5. The largest absolute Gasteiger partial charge is 0.310 e. The number of aromatic nitrogens is 1. The van der Waals surface area contributed by atoms with Crippen LogP contribution in [0.25, 0.3) is 71.6 Å². The van der Waals surface area contributed by atoms with E-state index in [1.54, 1.807) is 0 Å². The summed E-state index contributed by atoms with van der Waals surface area (Å²) in [5.41, 5.74) is 14.5. The van der Waals surface area contributed by atoms with Gasteiger partial charge in [0.25, 0.3) is 0 Å². The van der Waals surface area contributed by atoms with Crippen LogP contribution in [0.3, 0.4) is 0 Å². The number of benzene rings is 8. The van der Waals surface area contributed by atoms with Crippen LogP contribution in [0.4, 0.5) is 17.1 Å². The lowest BCUT2D eigenvalue weighted by Crippen LogP contribution is -2.10. The van der Waals surface area contributed by atoms with Crippen molar-refractivity contribution in [3.63, 3.8) is 0 Å². The average Bonchev–Trinajstić information content (AvgIpc) is 3.44. The average molecular weight is 611 g/mol. The maximum atomic E-state index is 2.45. The van der Waals surface area contributed by atoms with E-state index in [4.69, 9.17) is 0 Å². The summed E-state index contributed by atoms with van der Waals surface area (Å²) >= 11 is 0. The molecule has 1 heterocycles. The molecule has 8 aromatic carbocycles. The molecule has 1 aromatic heterocycles. The van der Waals surface area contributed by atoms with Crippen LogP contribution in [0.2, 0.25) is 0 Å². The predicted molar refractivity (Wildman–Crippen MR) is 203 cm³/mol. The summed E-state index contributed by atoms with van der Waals surface area (Å²) in [5.74, 6) is 0. The van der Waals surface area contributed by atoms with Crippen molar-refractivity contribution in [2.24, 2.45) is 0 Å². The van der Waals surface area contributed by atoms with Gasteiger partial charge < -0.3 is 9.47 Å². The molecule has 0 fully saturated rings. The molecule has 2 nitrogen and oxygen atoms in total. The molecule has 0 saturated carbocycles. The molecule has 2 heteroatoms. The van der Waals surface area contributed by atoms with E-state index in [2.05, 4.69) is 191 Å². The number of fused-ring (bicyclic) bond motifs is 3. The third-order valence-corrected chi connectivity index (χ3v) is 9.90. The molecule has 0 aliphatic heterocycles. The summed E-state index contributed by atoms with van der Waals surface area (Å²) in [7, 11) is 0. The quantitative estimate of drug-likeness (QED) is 0.188. The van der Waals surface area contributed by atoms with E-state index in [1.165, 1.54) is 66.0 Å². The SMILES string of the molecule is c1ccc(-c2cccc(N(c3ccccc3)c3ccc(-n4c5cccc6c5c5c7c(cccc7ccc54)-c4ccccc4-6)cc3)c2)cc1. The Balaban J connectivity index is 1.17. The van der Waals surface area contributed by atoms with Crippen molar-refractivity contribution < 1.29 is 0 Å². The summed E-state index contributed by atoms with van der Waals surface area (Å²) in [5, 5.41) is 5.26. The molecule has 48 heavy (non-hydrogen) atoms. The number of hydrogen-bond donors (Lipinski definition) is 0. The van der Waals surface area contributed by atoms with E-state index >= 15 is 0 Å². The van der Waals surface area contributed by atoms with Crippen molar-refractivity contribution in [1.82, 2.24) is 4.57 Å². The smallest absolute Gasteiger partial charge is 0.0547 e. The van der Waals surface area contributed by atoms with Crippen LogP contribution in [-0.2, 0) is 0 Å². The summed E-state index contributed by atoms with van der Waals surface area (Å²) in [6.45, 7) is 0. The minimum Gasteiger partial charge on any atom is -0.310 e. The normalized spacial score (nSPS) is 11.8. The number of hydrogen-bond acceptors (Lipinski definition) is 1. The van der Waals surface area contributed by atoms with E-state index in [0.29, 0.717) is 0 Å². The van der Waals surface area contributed by atoms with Gasteiger partial charge in [-0.1, -0.05) is 121 Å². The van der Waals surface area contributed by atoms with Gasteiger partial charge >= 0.3 is 0 Å². The number of anilines is 3. The van der Waals surface area contributed by atoms with E-state index < -0.39 is 0 Å². The zero-order chi connectivity index (χ0) is 31.6. The van der Waals surface area contributed by atoms with Gasteiger partial charge in [-0.25, -0.2) is 0 Å². The van der Waals surface area contributed by atoms with E-state index in [-0.39, 0.29) is 0 Å². The number of para-hydroxylation sites is 1. The highest BCUT2D eigenvalue weighted by atomic mass is 15.1. The van der Waals surface area contributed by atoms with Crippen LogP contribution in [0.15, 0.2) is 182 Å². The first-order valence-corrected chi connectivity index (χ1v) is 16.5. The van der Waals surface area contributed by atoms with Gasteiger partial charge in [0.05, 0.1) is 11.0 Å². The van der Waals surface area contributed by atoms with Crippen LogP contribution < -0.4 is 4.90 Å². The Hall–Kier alpha value is -6.38. The molecule has 0 saturated heterocycles. The fourth-order valence-electron chi connectivity index (χ4n) is 7.84. The van der Waals surface area contributed by atoms with Crippen LogP contribution in [-0.4, -0.2) is 4.57 Å². The minimum absolute atomic E-state index is 1.11. The molecule has 9 aromatic rings. The van der Waals surface area contributed by atoms with Gasteiger partial charge in [-0.05, 0) is 105 Å². The van der Waals surface area contributed by atoms with Crippen LogP contribution in [0.1, 0.15) is 0 Å². The minimum atomic E-state index is 1.11. The Kier molecular flexibility index (Phi) is 5.91. The second kappa shape index (κ2) is 10.6. The topological polar surface area (TPSA) is 8.17 Å². The second-order valence-corrected chi connectivity index (χ2v) is 12.5. The molecule has 0 amide bonds. The Morgan fingerprint density at radius 1 is 0.333 bits per heavy atom. The number of nitrogens with zero attached hydrogens (tertiary/aromatic N) is 2. The van der Waals surface area contributed by atoms with Crippen LogP contribution >= 0.6 is 0 Å². The van der Waals surface area contributed by atoms with Crippen molar-refractivity contribution in [2.45, 2.75) is 0 Å². The molecular weight excluding hydrogens is 581 g/mol. The third kappa shape index (κ3) is 4.00. The Labute approximate surface area is 279 Å². The summed E-state index contributed by atoms with van der Waals surface area (Å²) < 4.78 is 2.45. The Bertz CT molecular complexity index is 2650. The van der Waals surface area contributed by atoms with Crippen molar-refractivity contribution in [3.8, 4) is 39.1 Å². The van der Waals surface area contributed by atoms with Crippen LogP contribution in [0, 0.1) is 0 Å². The maximum Gasteiger partial charge on any atom is 0.0547 e. The molecule has 224 valence electrons. The van der Waals surface area contributed by atoms with Gasteiger partial charge in [0.1, 0.15) is 0 Å². The van der Waals surface area contributed by atoms with Crippen LogP contribution in [0.5, 0.6) is 0 Å². The summed E-state index contributed by atoms with van der Waals surface area (Å²) in [6, 6.07) is 66.1. The maximum absolute atomic E-state index is 2.45. The van der Waals surface area contributed by atoms with E-state index in [9.17, 15) is 0 Å². The Morgan fingerprint density at radius 2 is 0.896 bits per heavy atom. The van der Waals surface area contributed by atoms with Gasteiger partial charge in [-0.3, -0.25) is 0 Å². The third-order valence-electron chi connectivity index (χ3n) is 9.90. The fourth-order valence-corrected chi connectivity index (χ4v) is 7.84. The molecule has 0 radical (unpaired) electrons. The van der Waals surface area contributed by atoms with Gasteiger partial charge in [0.15, 0.2) is 0 Å². The monoisotopic (exact) mass is 610 g/mol. The van der Waals surface area contributed by atoms with E-state index in [1.807, 2.05) is 0 Å². The standard InChI is InChI=1S/C46H30N2/c1-3-12-31(13-4-1)33-15-9-18-37(30-33)47(34-16-5-2-6-17-34)35-25-27-36(28-26-35)48-42-23-11-22-41-39-20-8-7-19-38(39)40-21-10-14-32-24-29-43(48)46(44(32)40)45(41)42/h1-30H. The lowest BCUT2D eigenvalue weighted by atomic mass is 9.93. The molecule has 10 rings (SSSR count). The molecule has 1 aliphatic rings. The van der Waals surface area contributed by atoms with Gasteiger partial charge in [0, 0.05) is 33.5 Å². The molecule has 0 N–H and O–H groups in total. The lowest BCUT2D eigenvalue weighted by molar-refractivity contribution is 1.17. The molecule has 1 aliphatic carbocycles. The fraction of sp³-hybridized carbons (Fsp3) is 0. The van der Waals surface area contributed by atoms with Gasteiger partial charge in [-0.15, -0.1) is 0 Å². The van der Waals surface area contributed by atoms with Crippen molar-refractivity contribution in [3.05, 3.63) is 182 Å². The van der Waals surface area contributed by atoms with E-state index in [0.717, 1.165) is 22.7 Å². The van der Waals surface area contributed by atoms with Crippen molar-refractivity contribution in [2.75, 3.05) is 4.90 Å². The Morgan fingerprint density at radius 3 is 1.67 bits per heavy atom.